The number of aromatic nitrogens is 2. The number of anilines is 4. The van der Waals surface area contributed by atoms with Crippen LogP contribution in [0, 0.1) is 12.7 Å². The molecule has 2 N–H and O–H groups in total. The van der Waals surface area contributed by atoms with Crippen LogP contribution in [0.4, 0.5) is 26.0 Å². The standard InChI is InChI=1S/C15H13FN4S/c1-10-4-2-3-5-13(10)18-15-20-19-14(21-15)17-12-8-6-11(16)7-9-12/h2-9H,1H3,(H,17,19)(H,18,20). The van der Waals surface area contributed by atoms with E-state index in [1.807, 2.05) is 31.2 Å². The van der Waals surface area contributed by atoms with Crippen molar-refractivity contribution in [3.8, 4) is 0 Å². The molecule has 0 aliphatic heterocycles. The van der Waals surface area contributed by atoms with E-state index in [1.54, 1.807) is 12.1 Å². The van der Waals surface area contributed by atoms with Crippen LogP contribution in [0.5, 0.6) is 0 Å². The predicted molar refractivity (Wildman–Crippen MR) is 84.1 cm³/mol. The first-order valence-electron chi connectivity index (χ1n) is 6.39. The Morgan fingerprint density at radius 2 is 1.57 bits per heavy atom. The Hall–Kier alpha value is -2.47. The molecule has 0 radical (unpaired) electrons. The average Bonchev–Trinajstić information content (AvgIpc) is 2.91. The molecule has 2 aromatic carbocycles. The fourth-order valence-corrected chi connectivity index (χ4v) is 2.49. The zero-order chi connectivity index (χ0) is 14.7. The molecule has 0 spiro atoms. The Morgan fingerprint density at radius 3 is 2.29 bits per heavy atom. The van der Waals surface area contributed by atoms with Gasteiger partial charge in [0.1, 0.15) is 5.82 Å². The van der Waals surface area contributed by atoms with Gasteiger partial charge in [-0.05, 0) is 42.8 Å². The van der Waals surface area contributed by atoms with Gasteiger partial charge in [0.2, 0.25) is 10.3 Å². The van der Waals surface area contributed by atoms with Gasteiger partial charge in [0.15, 0.2) is 0 Å². The Labute approximate surface area is 125 Å². The van der Waals surface area contributed by atoms with Crippen LogP contribution in [0.25, 0.3) is 0 Å². The highest BCUT2D eigenvalue weighted by molar-refractivity contribution is 7.19. The lowest BCUT2D eigenvalue weighted by Crippen LogP contribution is -1.91. The van der Waals surface area contributed by atoms with Crippen LogP contribution in [0.15, 0.2) is 48.5 Å². The van der Waals surface area contributed by atoms with Crippen molar-refractivity contribution in [2.24, 2.45) is 0 Å². The minimum atomic E-state index is -0.264. The Bertz CT molecular complexity index is 739. The Kier molecular flexibility index (Phi) is 3.79. The number of hydrogen-bond donors (Lipinski definition) is 2. The van der Waals surface area contributed by atoms with Gasteiger partial charge in [-0.1, -0.05) is 29.5 Å². The molecule has 0 aliphatic rings. The molecule has 0 atom stereocenters. The molecule has 3 rings (SSSR count). The van der Waals surface area contributed by atoms with Gasteiger partial charge in [0.25, 0.3) is 0 Å². The Balaban J connectivity index is 1.72. The van der Waals surface area contributed by atoms with Crippen LogP contribution in [0.1, 0.15) is 5.56 Å². The summed E-state index contributed by atoms with van der Waals surface area (Å²) in [5, 5.41) is 15.8. The lowest BCUT2D eigenvalue weighted by Gasteiger charge is -2.04. The average molecular weight is 300 g/mol. The third-order valence-corrected chi connectivity index (χ3v) is 3.66. The molecular formula is C15H13FN4S. The molecule has 0 unspecified atom stereocenters. The van der Waals surface area contributed by atoms with Crippen molar-refractivity contribution in [3.63, 3.8) is 0 Å². The van der Waals surface area contributed by atoms with E-state index in [4.69, 9.17) is 0 Å². The summed E-state index contributed by atoms with van der Waals surface area (Å²) in [5.41, 5.74) is 2.91. The van der Waals surface area contributed by atoms with Crippen LogP contribution in [-0.4, -0.2) is 10.2 Å². The van der Waals surface area contributed by atoms with Crippen LogP contribution in [0.2, 0.25) is 0 Å². The van der Waals surface area contributed by atoms with Crippen LogP contribution >= 0.6 is 11.3 Å². The van der Waals surface area contributed by atoms with Crippen molar-refractivity contribution in [2.75, 3.05) is 10.6 Å². The predicted octanol–water partition coefficient (Wildman–Crippen LogP) is 4.47. The van der Waals surface area contributed by atoms with Gasteiger partial charge < -0.3 is 10.6 Å². The number of hydrogen-bond acceptors (Lipinski definition) is 5. The van der Waals surface area contributed by atoms with E-state index in [0.29, 0.717) is 10.3 Å². The summed E-state index contributed by atoms with van der Waals surface area (Å²) in [6.07, 6.45) is 0. The van der Waals surface area contributed by atoms with Gasteiger partial charge in [-0.15, -0.1) is 10.2 Å². The zero-order valence-electron chi connectivity index (χ0n) is 11.3. The molecule has 21 heavy (non-hydrogen) atoms. The van der Waals surface area contributed by atoms with E-state index in [0.717, 1.165) is 16.9 Å². The molecule has 1 aromatic heterocycles. The number of benzene rings is 2. The number of rotatable bonds is 4. The zero-order valence-corrected chi connectivity index (χ0v) is 12.1. The first-order chi connectivity index (χ1) is 10.2. The summed E-state index contributed by atoms with van der Waals surface area (Å²) < 4.78 is 12.8. The van der Waals surface area contributed by atoms with Gasteiger partial charge >= 0.3 is 0 Å². The molecule has 0 bridgehead atoms. The largest absolute Gasteiger partial charge is 0.330 e. The van der Waals surface area contributed by atoms with E-state index >= 15 is 0 Å². The van der Waals surface area contributed by atoms with Crippen molar-refractivity contribution < 1.29 is 4.39 Å². The third kappa shape index (κ3) is 3.35. The van der Waals surface area contributed by atoms with E-state index in [9.17, 15) is 4.39 Å². The van der Waals surface area contributed by atoms with Crippen molar-refractivity contribution in [1.29, 1.82) is 0 Å². The van der Waals surface area contributed by atoms with Gasteiger partial charge in [0.05, 0.1) is 0 Å². The van der Waals surface area contributed by atoms with Gasteiger partial charge in [-0.2, -0.15) is 0 Å². The van der Waals surface area contributed by atoms with E-state index < -0.39 is 0 Å². The number of halogens is 1. The number of nitrogens with one attached hydrogen (secondary N) is 2. The molecule has 0 saturated heterocycles. The monoisotopic (exact) mass is 300 g/mol. The molecular weight excluding hydrogens is 287 g/mol. The van der Waals surface area contributed by atoms with Crippen LogP contribution in [-0.2, 0) is 0 Å². The minimum absolute atomic E-state index is 0.264. The SMILES string of the molecule is Cc1ccccc1Nc1nnc(Nc2ccc(F)cc2)s1. The van der Waals surface area contributed by atoms with Crippen molar-refractivity contribution >= 4 is 33.0 Å². The molecule has 3 aromatic rings. The van der Waals surface area contributed by atoms with E-state index in [2.05, 4.69) is 20.8 Å². The number of aryl methyl sites for hydroxylation is 1. The first kappa shape index (κ1) is 13.5. The van der Waals surface area contributed by atoms with Gasteiger partial charge in [0, 0.05) is 11.4 Å². The number of para-hydroxylation sites is 1. The summed E-state index contributed by atoms with van der Waals surface area (Å²) in [7, 11) is 0. The topological polar surface area (TPSA) is 49.8 Å². The fraction of sp³-hybridized carbons (Fsp3) is 0.0667. The highest BCUT2D eigenvalue weighted by atomic mass is 32.1. The highest BCUT2D eigenvalue weighted by Gasteiger charge is 2.06. The fourth-order valence-electron chi connectivity index (χ4n) is 1.81. The third-order valence-electron chi connectivity index (χ3n) is 2.91. The molecule has 0 fully saturated rings. The van der Waals surface area contributed by atoms with Crippen molar-refractivity contribution in [3.05, 3.63) is 59.9 Å². The number of nitrogens with zero attached hydrogens (tertiary/aromatic N) is 2. The quantitative estimate of drug-likeness (QED) is 0.746. The maximum atomic E-state index is 12.8. The van der Waals surface area contributed by atoms with E-state index in [-0.39, 0.29) is 5.82 Å². The summed E-state index contributed by atoms with van der Waals surface area (Å²) in [6, 6.07) is 14.1. The van der Waals surface area contributed by atoms with Gasteiger partial charge in [-0.25, -0.2) is 4.39 Å². The molecule has 4 nitrogen and oxygen atoms in total. The van der Waals surface area contributed by atoms with Gasteiger partial charge in [-0.3, -0.25) is 0 Å². The van der Waals surface area contributed by atoms with Crippen molar-refractivity contribution in [2.45, 2.75) is 6.92 Å². The molecule has 0 aliphatic carbocycles. The summed E-state index contributed by atoms with van der Waals surface area (Å²) in [5.74, 6) is -0.264. The molecule has 1 heterocycles. The van der Waals surface area contributed by atoms with Crippen molar-refractivity contribution in [1.82, 2.24) is 10.2 Å². The maximum absolute atomic E-state index is 12.8. The summed E-state index contributed by atoms with van der Waals surface area (Å²) in [4.78, 5) is 0. The molecule has 106 valence electrons. The highest BCUT2D eigenvalue weighted by Crippen LogP contribution is 2.27. The maximum Gasteiger partial charge on any atom is 0.211 e. The minimum Gasteiger partial charge on any atom is -0.330 e. The molecule has 0 saturated carbocycles. The first-order valence-corrected chi connectivity index (χ1v) is 7.21. The second-order valence-corrected chi connectivity index (χ2v) is 5.46. The summed E-state index contributed by atoms with van der Waals surface area (Å²) in [6.45, 7) is 2.03. The van der Waals surface area contributed by atoms with E-state index in [1.165, 1.54) is 23.5 Å². The summed E-state index contributed by atoms with van der Waals surface area (Å²) >= 11 is 1.40. The van der Waals surface area contributed by atoms with Crippen LogP contribution in [0.3, 0.4) is 0 Å². The van der Waals surface area contributed by atoms with Crippen LogP contribution < -0.4 is 10.6 Å². The molecule has 6 heteroatoms. The second-order valence-electron chi connectivity index (χ2n) is 4.48. The Morgan fingerprint density at radius 1 is 0.905 bits per heavy atom. The smallest absolute Gasteiger partial charge is 0.211 e. The lowest BCUT2D eigenvalue weighted by molar-refractivity contribution is 0.628. The lowest BCUT2D eigenvalue weighted by atomic mass is 10.2. The normalized spacial score (nSPS) is 10.4. The molecule has 0 amide bonds. The second kappa shape index (κ2) is 5.88.